The lowest BCUT2D eigenvalue weighted by Crippen LogP contribution is -2.14. The molecule has 1 aliphatic rings. The predicted octanol–water partition coefficient (Wildman–Crippen LogP) is 20.5. The molecule has 8 heteroatoms. The van der Waals surface area contributed by atoms with Crippen LogP contribution in [-0.4, -0.2) is 9.97 Å². The van der Waals surface area contributed by atoms with E-state index in [0.717, 1.165) is 32.2 Å². The summed E-state index contributed by atoms with van der Waals surface area (Å²) in [5, 5.41) is 2.06. The van der Waals surface area contributed by atoms with Crippen LogP contribution in [0, 0.1) is 0 Å². The highest BCUT2D eigenvalue weighted by Gasteiger charge is 2.47. The van der Waals surface area contributed by atoms with Gasteiger partial charge in [-0.25, -0.2) is 9.97 Å². The minimum Gasteiger partial charge on any atom is -0.236 e. The molecule has 2 nitrogen and oxygen atoms in total. The van der Waals surface area contributed by atoms with E-state index in [0.29, 0.717) is 0 Å². The molecule has 0 amide bonds. The summed E-state index contributed by atoms with van der Waals surface area (Å²) >= 11 is 9.35. The molecule has 2 heterocycles. The van der Waals surface area contributed by atoms with Crippen molar-refractivity contribution in [1.82, 2.24) is 9.97 Å². The first-order valence-electron chi connectivity index (χ1n) is 24.5. The normalized spacial score (nSPS) is 14.2. The molecular formula is C65H50I2N2S4. The lowest BCUT2D eigenvalue weighted by Gasteiger charge is -2.58. The van der Waals surface area contributed by atoms with Crippen molar-refractivity contribution in [2.24, 2.45) is 0 Å². The standard InChI is InChI=1S/C65H50I2N2S4/c1-65(2)57-43-61-59(68-63(70-61)45-23-21-37-53(39-45)72(66,47-25-9-3-10-26-47,48-27-11-4-12-28-48)49-29-13-5-14-30-49)41-55(57)56-42-60-62(44-58(56)65)71-64(69-60)46-24-22-38-54(40-46)73(67,50-31-15-6-16-32-50,51-33-17-7-18-34-51)52-35-19-8-20-36-52/h3-44,72-73H,1-2H3. The van der Waals surface area contributed by atoms with Gasteiger partial charge >= 0.3 is 0 Å². The number of thiol groups is 2. The first kappa shape index (κ1) is 46.9. The Morgan fingerprint density at radius 3 is 0.890 bits per heavy atom. The molecule has 10 aromatic carbocycles. The largest absolute Gasteiger partial charge is 0.236 e. The van der Waals surface area contributed by atoms with E-state index in [1.165, 1.54) is 70.8 Å². The van der Waals surface area contributed by atoms with Crippen molar-refractivity contribution in [3.05, 3.63) is 266 Å². The zero-order valence-electron chi connectivity index (χ0n) is 40.1. The number of aromatic nitrogens is 2. The highest BCUT2D eigenvalue weighted by molar-refractivity contribution is 14.2. The van der Waals surface area contributed by atoms with Gasteiger partial charge in [0, 0.05) is 16.5 Å². The summed E-state index contributed by atoms with van der Waals surface area (Å²) in [6, 6.07) is 94.9. The topological polar surface area (TPSA) is 25.8 Å². The van der Waals surface area contributed by atoms with Crippen molar-refractivity contribution in [1.29, 1.82) is 0 Å². The van der Waals surface area contributed by atoms with Gasteiger partial charge in [0.15, 0.2) is 0 Å². The zero-order valence-corrected chi connectivity index (χ0v) is 47.8. The number of hydrogen-bond donors (Lipinski definition) is 2. The van der Waals surface area contributed by atoms with E-state index in [-0.39, 0.29) is 5.41 Å². The maximum absolute atomic E-state index is 5.47. The SMILES string of the molecule is CC1(C)c2cc3sc(-c4cccc([SH](I)(c5ccccc5)(c5ccccc5)c5ccccc5)c4)nc3cc2-c2cc3nc(-c4cccc([SH](I)(c5ccccc5)(c5ccccc5)c5ccccc5)c4)sc3cc21. The zero-order chi connectivity index (χ0) is 49.5. The Morgan fingerprint density at radius 1 is 0.329 bits per heavy atom. The van der Waals surface area contributed by atoms with Crippen LogP contribution in [0.3, 0.4) is 0 Å². The van der Waals surface area contributed by atoms with Gasteiger partial charge < -0.3 is 0 Å². The lowest BCUT2D eigenvalue weighted by atomic mass is 9.82. The summed E-state index contributed by atoms with van der Waals surface area (Å²) < 4.78 is 2.41. The second-order valence-corrected chi connectivity index (χ2v) is 41.3. The monoisotopic (exact) mass is 1240 g/mol. The van der Waals surface area contributed by atoms with E-state index in [1.807, 2.05) is 0 Å². The van der Waals surface area contributed by atoms with Gasteiger partial charge in [-0.3, -0.25) is 0 Å². The predicted molar refractivity (Wildman–Crippen MR) is 332 cm³/mol. The molecule has 13 rings (SSSR count). The van der Waals surface area contributed by atoms with Gasteiger partial charge in [0.25, 0.3) is 0 Å². The minimum atomic E-state index is -3.27. The first-order chi connectivity index (χ1) is 35.6. The van der Waals surface area contributed by atoms with Crippen LogP contribution in [0.15, 0.2) is 294 Å². The van der Waals surface area contributed by atoms with Gasteiger partial charge in [0.1, 0.15) is 10.0 Å². The quantitative estimate of drug-likeness (QED) is 0.105. The molecule has 12 aromatic rings. The molecule has 0 spiro atoms. The van der Waals surface area contributed by atoms with E-state index in [4.69, 9.17) is 9.97 Å². The van der Waals surface area contributed by atoms with E-state index in [1.54, 1.807) is 22.7 Å². The third kappa shape index (κ3) is 6.93. The van der Waals surface area contributed by atoms with Crippen LogP contribution in [0.25, 0.3) is 52.7 Å². The maximum atomic E-state index is 5.47. The van der Waals surface area contributed by atoms with Crippen molar-refractivity contribution in [2.75, 3.05) is 0 Å². The van der Waals surface area contributed by atoms with Gasteiger partial charge in [0.2, 0.25) is 0 Å². The number of rotatable bonds is 10. The van der Waals surface area contributed by atoms with Crippen LogP contribution >= 0.6 is 77.7 Å². The molecule has 0 saturated carbocycles. The smallest absolute Gasteiger partial charge is 0.124 e. The number of benzene rings is 10. The van der Waals surface area contributed by atoms with Crippen molar-refractivity contribution >= 4 is 98.2 Å². The number of thiazole rings is 2. The van der Waals surface area contributed by atoms with Gasteiger partial charge in [0.05, 0.1) is 20.4 Å². The van der Waals surface area contributed by atoms with Crippen LogP contribution < -0.4 is 0 Å². The molecule has 0 saturated heterocycles. The Kier molecular flexibility index (Phi) is 11.3. The van der Waals surface area contributed by atoms with Crippen LogP contribution in [0.4, 0.5) is 0 Å². The Labute approximate surface area is 460 Å². The average molecular weight is 1240 g/mol. The summed E-state index contributed by atoms with van der Waals surface area (Å²) in [7, 11) is 0. The molecule has 0 bridgehead atoms. The average Bonchev–Trinajstić information content (AvgIpc) is 4.15. The number of fused-ring (bicyclic) bond motifs is 5. The molecule has 0 fully saturated rings. The third-order valence-corrected chi connectivity index (χ3v) is 40.9. The van der Waals surface area contributed by atoms with Crippen LogP contribution in [0.5, 0.6) is 0 Å². The van der Waals surface area contributed by atoms with E-state index < -0.39 is 12.7 Å². The Bertz CT molecular complexity index is 3590. The second kappa shape index (κ2) is 17.6. The van der Waals surface area contributed by atoms with Crippen LogP contribution in [0.1, 0.15) is 25.0 Å². The Hall–Kier alpha value is -5.86. The molecular weight excluding hydrogens is 1190 g/mol. The summed E-state index contributed by atoms with van der Waals surface area (Å²) in [4.78, 5) is 21.5. The minimum absolute atomic E-state index is 0.208. The molecule has 73 heavy (non-hydrogen) atoms. The Morgan fingerprint density at radius 2 is 0.603 bits per heavy atom. The molecule has 358 valence electrons. The van der Waals surface area contributed by atoms with Crippen molar-refractivity contribution < 1.29 is 0 Å². The number of hydrogen-bond acceptors (Lipinski definition) is 4. The summed E-state index contributed by atoms with van der Waals surface area (Å²) in [5.41, 5.74) is 9.31. The second-order valence-electron chi connectivity index (χ2n) is 19.5. The van der Waals surface area contributed by atoms with Crippen LogP contribution in [-0.2, 0) is 5.41 Å². The molecule has 0 unspecified atom stereocenters. The van der Waals surface area contributed by atoms with Gasteiger partial charge in [-0.05, 0) is 140 Å². The Balaban J connectivity index is 0.916. The lowest BCUT2D eigenvalue weighted by molar-refractivity contribution is 0.662. The molecule has 1 aliphatic carbocycles. The highest BCUT2D eigenvalue weighted by Crippen LogP contribution is 2.96. The molecule has 0 radical (unpaired) electrons. The molecule has 0 N–H and O–H groups in total. The molecule has 2 aromatic heterocycles. The van der Waals surface area contributed by atoms with Gasteiger partial charge in [-0.15, -0.1) is 22.7 Å². The number of halogens is 2. The van der Waals surface area contributed by atoms with Crippen molar-refractivity contribution in [3.63, 3.8) is 0 Å². The van der Waals surface area contributed by atoms with Crippen molar-refractivity contribution in [2.45, 2.75) is 58.4 Å². The van der Waals surface area contributed by atoms with E-state index in [9.17, 15) is 0 Å². The molecule has 0 atom stereocenters. The molecule has 0 aliphatic heterocycles. The summed E-state index contributed by atoms with van der Waals surface area (Å²) in [5.74, 6) is 0. The van der Waals surface area contributed by atoms with Gasteiger partial charge in [-0.1, -0.05) is 232 Å². The fraction of sp³-hybridized carbons (Fsp3) is 0.0462. The fourth-order valence-corrected chi connectivity index (χ4v) is 30.7. The third-order valence-electron chi connectivity index (χ3n) is 15.3. The first-order valence-corrected chi connectivity index (χ1v) is 36.2. The van der Waals surface area contributed by atoms with Crippen molar-refractivity contribution in [3.8, 4) is 32.3 Å². The van der Waals surface area contributed by atoms with Gasteiger partial charge in [-0.2, -0.15) is 12.7 Å². The summed E-state index contributed by atoms with van der Waals surface area (Å²) in [6.45, 7) is 4.76. The fourth-order valence-electron chi connectivity index (χ4n) is 11.7. The number of nitrogens with zero attached hydrogens (tertiary/aromatic N) is 2. The van der Waals surface area contributed by atoms with E-state index in [2.05, 4.69) is 311 Å². The summed E-state index contributed by atoms with van der Waals surface area (Å²) in [6.07, 6.45) is -6.54. The van der Waals surface area contributed by atoms with Crippen LogP contribution in [0.2, 0.25) is 0 Å². The highest BCUT2D eigenvalue weighted by atomic mass is 127. The maximum Gasteiger partial charge on any atom is 0.124 e. The van der Waals surface area contributed by atoms with E-state index >= 15 is 0 Å².